The van der Waals surface area contributed by atoms with E-state index in [1.54, 1.807) is 4.90 Å². The average molecular weight is 245 g/mol. The molecule has 18 heavy (non-hydrogen) atoms. The van der Waals surface area contributed by atoms with Crippen molar-refractivity contribution in [1.82, 2.24) is 0 Å². The molecule has 0 N–H and O–H groups in total. The fraction of sp³-hybridized carbons (Fsp3) is 0.357. The lowest BCUT2D eigenvalue weighted by Crippen LogP contribution is -2.24. The first kappa shape index (κ1) is 11.1. The first-order valence-corrected chi connectivity index (χ1v) is 6.10. The number of amides is 1. The van der Waals surface area contributed by atoms with Crippen molar-refractivity contribution >= 4 is 11.6 Å². The topological polar surface area (TPSA) is 38.8 Å². The van der Waals surface area contributed by atoms with Crippen LogP contribution in [0.25, 0.3) is 0 Å². The molecule has 0 aromatic heterocycles. The van der Waals surface area contributed by atoms with E-state index in [4.69, 9.17) is 9.47 Å². The molecular weight excluding hydrogens is 230 g/mol. The molecule has 1 atom stereocenters. The molecule has 0 radical (unpaired) electrons. The van der Waals surface area contributed by atoms with E-state index in [0.717, 1.165) is 11.4 Å². The summed E-state index contributed by atoms with van der Waals surface area (Å²) in [4.78, 5) is 13.7. The van der Waals surface area contributed by atoms with E-state index in [9.17, 15) is 4.79 Å². The van der Waals surface area contributed by atoms with Gasteiger partial charge in [0.2, 0.25) is 5.91 Å². The summed E-state index contributed by atoms with van der Waals surface area (Å²) in [5.74, 6) is 1.84. The highest BCUT2D eigenvalue weighted by atomic mass is 16.6. The third-order valence-corrected chi connectivity index (χ3v) is 3.33. The van der Waals surface area contributed by atoms with Crippen molar-refractivity contribution in [2.24, 2.45) is 5.92 Å². The number of hydrogen-bond acceptors (Lipinski definition) is 3. The number of hydrogen-bond donors (Lipinski definition) is 0. The summed E-state index contributed by atoms with van der Waals surface area (Å²) in [5.41, 5.74) is 0.869. The predicted octanol–water partition coefficient (Wildman–Crippen LogP) is 2.00. The van der Waals surface area contributed by atoms with E-state index in [2.05, 4.69) is 6.58 Å². The standard InChI is InChI=1S/C14H15NO3/c1-2-10-7-14(16)15(9-10)11-3-4-12-13(8-11)18-6-5-17-12/h2-4,8,10H,1,5-7,9H2. The van der Waals surface area contributed by atoms with Crippen LogP contribution in [0.1, 0.15) is 6.42 Å². The second-order valence-electron chi connectivity index (χ2n) is 4.53. The van der Waals surface area contributed by atoms with E-state index in [1.165, 1.54) is 0 Å². The number of carbonyl (C=O) groups is 1. The molecule has 94 valence electrons. The Morgan fingerprint density at radius 2 is 2.06 bits per heavy atom. The Morgan fingerprint density at radius 3 is 2.78 bits per heavy atom. The van der Waals surface area contributed by atoms with Gasteiger partial charge in [0, 0.05) is 30.6 Å². The molecule has 1 amide bonds. The average Bonchev–Trinajstić information content (AvgIpc) is 2.79. The maximum absolute atomic E-state index is 11.9. The van der Waals surface area contributed by atoms with Crippen LogP contribution in [0.2, 0.25) is 0 Å². The Labute approximate surface area is 106 Å². The summed E-state index contributed by atoms with van der Waals surface area (Å²) in [7, 11) is 0. The molecule has 1 aromatic carbocycles. The maximum atomic E-state index is 11.9. The number of rotatable bonds is 2. The zero-order valence-corrected chi connectivity index (χ0v) is 10.1. The summed E-state index contributed by atoms with van der Waals surface area (Å²) < 4.78 is 11.0. The van der Waals surface area contributed by atoms with Gasteiger partial charge in [-0.05, 0) is 12.1 Å². The predicted molar refractivity (Wildman–Crippen MR) is 68.1 cm³/mol. The molecule has 0 saturated carbocycles. The van der Waals surface area contributed by atoms with E-state index >= 15 is 0 Å². The van der Waals surface area contributed by atoms with Gasteiger partial charge in [-0.25, -0.2) is 0 Å². The highest BCUT2D eigenvalue weighted by Crippen LogP contribution is 2.35. The van der Waals surface area contributed by atoms with E-state index in [1.807, 2.05) is 24.3 Å². The summed E-state index contributed by atoms with van der Waals surface area (Å²) in [6, 6.07) is 5.63. The van der Waals surface area contributed by atoms with Gasteiger partial charge in [-0.1, -0.05) is 6.08 Å². The van der Waals surface area contributed by atoms with Crippen molar-refractivity contribution < 1.29 is 14.3 Å². The van der Waals surface area contributed by atoms with Gasteiger partial charge in [0.15, 0.2) is 11.5 Å². The third kappa shape index (κ3) is 1.83. The summed E-state index contributed by atoms with van der Waals surface area (Å²) >= 11 is 0. The molecule has 4 nitrogen and oxygen atoms in total. The van der Waals surface area contributed by atoms with Crippen LogP contribution < -0.4 is 14.4 Å². The monoisotopic (exact) mass is 245 g/mol. The minimum atomic E-state index is 0.136. The van der Waals surface area contributed by atoms with Crippen molar-refractivity contribution in [2.75, 3.05) is 24.7 Å². The van der Waals surface area contributed by atoms with Crippen LogP contribution in [0.4, 0.5) is 5.69 Å². The lowest BCUT2D eigenvalue weighted by atomic mass is 10.1. The van der Waals surface area contributed by atoms with Crippen LogP contribution in [0, 0.1) is 5.92 Å². The quantitative estimate of drug-likeness (QED) is 0.748. The Kier molecular flexibility index (Phi) is 2.70. The van der Waals surface area contributed by atoms with Crippen molar-refractivity contribution in [3.8, 4) is 11.5 Å². The van der Waals surface area contributed by atoms with E-state index in [0.29, 0.717) is 31.9 Å². The smallest absolute Gasteiger partial charge is 0.227 e. The van der Waals surface area contributed by atoms with E-state index in [-0.39, 0.29) is 11.8 Å². The second-order valence-corrected chi connectivity index (χ2v) is 4.53. The summed E-state index contributed by atoms with van der Waals surface area (Å²) in [6.07, 6.45) is 2.38. The Hall–Kier alpha value is -1.97. The fourth-order valence-electron chi connectivity index (χ4n) is 2.34. The number of fused-ring (bicyclic) bond motifs is 1. The molecule has 0 spiro atoms. The van der Waals surface area contributed by atoms with Gasteiger partial charge in [0.25, 0.3) is 0 Å². The first-order chi connectivity index (χ1) is 8.78. The highest BCUT2D eigenvalue weighted by molar-refractivity contribution is 5.96. The zero-order chi connectivity index (χ0) is 12.5. The molecule has 1 unspecified atom stereocenters. The number of anilines is 1. The Bertz CT molecular complexity index is 498. The molecule has 0 aliphatic carbocycles. The van der Waals surface area contributed by atoms with Crippen LogP contribution in [0.5, 0.6) is 11.5 Å². The lowest BCUT2D eigenvalue weighted by Gasteiger charge is -2.22. The molecule has 1 fully saturated rings. The first-order valence-electron chi connectivity index (χ1n) is 6.10. The third-order valence-electron chi connectivity index (χ3n) is 3.33. The molecular formula is C14H15NO3. The van der Waals surface area contributed by atoms with Crippen LogP contribution in [-0.2, 0) is 4.79 Å². The van der Waals surface area contributed by atoms with Gasteiger partial charge in [-0.15, -0.1) is 6.58 Å². The summed E-state index contributed by atoms with van der Waals surface area (Å²) in [6.45, 7) is 5.58. The lowest BCUT2D eigenvalue weighted by molar-refractivity contribution is -0.117. The van der Waals surface area contributed by atoms with Gasteiger partial charge >= 0.3 is 0 Å². The van der Waals surface area contributed by atoms with E-state index < -0.39 is 0 Å². The Balaban J connectivity index is 1.88. The minimum Gasteiger partial charge on any atom is -0.486 e. The number of benzene rings is 1. The SMILES string of the molecule is C=CC1CC(=O)N(c2ccc3c(c2)OCCO3)C1. The number of nitrogens with zero attached hydrogens (tertiary/aromatic N) is 1. The van der Waals surface area contributed by atoms with Crippen molar-refractivity contribution in [3.63, 3.8) is 0 Å². The molecule has 2 aliphatic heterocycles. The zero-order valence-electron chi connectivity index (χ0n) is 10.1. The maximum Gasteiger partial charge on any atom is 0.227 e. The molecule has 2 aliphatic rings. The van der Waals surface area contributed by atoms with Crippen molar-refractivity contribution in [1.29, 1.82) is 0 Å². The minimum absolute atomic E-state index is 0.136. The van der Waals surface area contributed by atoms with Crippen molar-refractivity contribution in [2.45, 2.75) is 6.42 Å². The van der Waals surface area contributed by atoms with Gasteiger partial charge in [0.1, 0.15) is 13.2 Å². The fourth-order valence-corrected chi connectivity index (χ4v) is 2.34. The second kappa shape index (κ2) is 4.37. The van der Waals surface area contributed by atoms with Gasteiger partial charge in [-0.3, -0.25) is 4.79 Å². The summed E-state index contributed by atoms with van der Waals surface area (Å²) in [5, 5.41) is 0. The molecule has 0 bridgehead atoms. The van der Waals surface area contributed by atoms with Crippen LogP contribution in [-0.4, -0.2) is 25.7 Å². The van der Waals surface area contributed by atoms with Crippen molar-refractivity contribution in [3.05, 3.63) is 30.9 Å². The normalized spacial score (nSPS) is 22.1. The molecule has 1 aromatic rings. The van der Waals surface area contributed by atoms with Gasteiger partial charge < -0.3 is 14.4 Å². The Morgan fingerprint density at radius 1 is 1.28 bits per heavy atom. The molecule has 1 saturated heterocycles. The highest BCUT2D eigenvalue weighted by Gasteiger charge is 2.29. The number of ether oxygens (including phenoxy) is 2. The molecule has 3 rings (SSSR count). The van der Waals surface area contributed by atoms with Crippen LogP contribution >= 0.6 is 0 Å². The molecule has 4 heteroatoms. The number of carbonyl (C=O) groups excluding carboxylic acids is 1. The van der Waals surface area contributed by atoms with Crippen LogP contribution in [0.3, 0.4) is 0 Å². The van der Waals surface area contributed by atoms with Crippen LogP contribution in [0.15, 0.2) is 30.9 Å². The van der Waals surface area contributed by atoms with Gasteiger partial charge in [-0.2, -0.15) is 0 Å². The largest absolute Gasteiger partial charge is 0.486 e. The molecule has 2 heterocycles. The van der Waals surface area contributed by atoms with Gasteiger partial charge in [0.05, 0.1) is 0 Å².